The first kappa shape index (κ1) is 29.8. The summed E-state index contributed by atoms with van der Waals surface area (Å²) in [5.41, 5.74) is 2.34. The van der Waals surface area contributed by atoms with E-state index >= 15 is 0 Å². The Balaban J connectivity index is 1.74. The van der Waals surface area contributed by atoms with Crippen molar-refractivity contribution in [3.05, 3.63) is 101 Å². The number of nitrogens with zero attached hydrogens (tertiary/aromatic N) is 2. The quantitative estimate of drug-likeness (QED) is 0.349. The molecule has 0 spiro atoms. The number of sulfonamides is 1. The zero-order valence-electron chi connectivity index (χ0n) is 22.3. The van der Waals surface area contributed by atoms with Crippen LogP contribution >= 0.6 is 0 Å². The predicted octanol–water partition coefficient (Wildman–Crippen LogP) is 3.37. The average Bonchev–Trinajstić information content (AvgIpc) is 2.92. The second-order valence-electron chi connectivity index (χ2n) is 9.23. The fourth-order valence-corrected chi connectivity index (χ4v) is 4.69. The van der Waals surface area contributed by atoms with Crippen LogP contribution in [0.1, 0.15) is 23.6 Å². The van der Waals surface area contributed by atoms with Crippen molar-refractivity contribution in [2.45, 2.75) is 32.5 Å². The summed E-state index contributed by atoms with van der Waals surface area (Å²) in [5, 5.41) is 2.86. The fraction of sp³-hybridized carbons (Fsp3) is 0.310. The molecule has 0 aromatic heterocycles. The van der Waals surface area contributed by atoms with Crippen molar-refractivity contribution < 1.29 is 27.1 Å². The number of carbonyl (C=O) groups excluding carboxylic acids is 2. The van der Waals surface area contributed by atoms with Gasteiger partial charge in [0.1, 0.15) is 17.6 Å². The lowest BCUT2D eigenvalue weighted by Crippen LogP contribution is -2.51. The molecule has 10 heteroatoms. The van der Waals surface area contributed by atoms with Crippen molar-refractivity contribution in [1.29, 1.82) is 0 Å². The number of rotatable bonds is 13. The average molecular weight is 556 g/mol. The molecule has 3 aromatic rings. The minimum Gasteiger partial charge on any atom is -0.497 e. The van der Waals surface area contributed by atoms with Crippen LogP contribution in [0.15, 0.2) is 78.9 Å². The van der Waals surface area contributed by atoms with E-state index in [4.69, 9.17) is 4.74 Å². The summed E-state index contributed by atoms with van der Waals surface area (Å²) in [4.78, 5) is 27.9. The van der Waals surface area contributed by atoms with Gasteiger partial charge in [0.2, 0.25) is 21.8 Å². The molecule has 0 radical (unpaired) electrons. The highest BCUT2D eigenvalue weighted by molar-refractivity contribution is 7.88. The van der Waals surface area contributed by atoms with Crippen molar-refractivity contribution in [1.82, 2.24) is 14.5 Å². The van der Waals surface area contributed by atoms with Gasteiger partial charge in [0.25, 0.3) is 0 Å². The molecule has 0 aliphatic rings. The highest BCUT2D eigenvalue weighted by Crippen LogP contribution is 2.15. The van der Waals surface area contributed by atoms with Crippen molar-refractivity contribution in [2.75, 3.05) is 26.5 Å². The van der Waals surface area contributed by atoms with E-state index in [2.05, 4.69) is 5.32 Å². The Kier molecular flexibility index (Phi) is 10.6. The standard InChI is InChI=1S/C29H34FN3O5S/c1-22(29(35)31-18-17-23-11-15-27(38-2)16-12-23)33(20-25-9-13-26(30)14-10-25)28(34)21-32(39(3,36)37)19-24-7-5-4-6-8-24/h4-16,22H,17-21H2,1-3H3,(H,31,35)/t22-/m1/s1. The Morgan fingerprint density at radius 3 is 2.08 bits per heavy atom. The number of ether oxygens (including phenoxy) is 1. The molecule has 208 valence electrons. The maximum absolute atomic E-state index is 13.5. The van der Waals surface area contributed by atoms with Crippen molar-refractivity contribution >= 4 is 21.8 Å². The first-order valence-electron chi connectivity index (χ1n) is 12.5. The Bertz CT molecular complexity index is 1330. The van der Waals surface area contributed by atoms with Crippen LogP contribution in [0.5, 0.6) is 5.75 Å². The molecule has 39 heavy (non-hydrogen) atoms. The minimum atomic E-state index is -3.74. The number of methoxy groups -OCH3 is 1. The van der Waals surface area contributed by atoms with E-state index in [1.165, 1.54) is 29.2 Å². The van der Waals surface area contributed by atoms with E-state index in [1.54, 1.807) is 38.3 Å². The zero-order chi connectivity index (χ0) is 28.4. The van der Waals surface area contributed by atoms with E-state index < -0.39 is 34.3 Å². The monoisotopic (exact) mass is 555 g/mol. The topological polar surface area (TPSA) is 96.0 Å². The lowest BCUT2D eigenvalue weighted by molar-refractivity contribution is -0.140. The molecule has 0 saturated heterocycles. The molecule has 1 N–H and O–H groups in total. The molecular formula is C29H34FN3O5S. The molecule has 1 atom stereocenters. The molecule has 2 amide bonds. The van der Waals surface area contributed by atoms with Crippen LogP contribution in [0.4, 0.5) is 4.39 Å². The van der Waals surface area contributed by atoms with Gasteiger partial charge in [-0.15, -0.1) is 0 Å². The van der Waals surface area contributed by atoms with Crippen molar-refractivity contribution in [2.24, 2.45) is 0 Å². The number of benzene rings is 3. The molecule has 0 aliphatic heterocycles. The number of nitrogens with one attached hydrogen (secondary N) is 1. The third-order valence-corrected chi connectivity index (χ3v) is 7.48. The van der Waals surface area contributed by atoms with E-state index in [9.17, 15) is 22.4 Å². The summed E-state index contributed by atoms with van der Waals surface area (Å²) in [6, 6.07) is 21.1. The van der Waals surface area contributed by atoms with Gasteiger partial charge in [0, 0.05) is 19.6 Å². The van der Waals surface area contributed by atoms with Gasteiger partial charge in [-0.2, -0.15) is 4.31 Å². The van der Waals surface area contributed by atoms with Gasteiger partial charge in [-0.05, 0) is 54.3 Å². The Hall–Kier alpha value is -3.76. The maximum Gasteiger partial charge on any atom is 0.242 e. The molecule has 0 bridgehead atoms. The minimum absolute atomic E-state index is 0.00905. The third-order valence-electron chi connectivity index (χ3n) is 6.29. The molecule has 0 unspecified atom stereocenters. The summed E-state index contributed by atoms with van der Waals surface area (Å²) in [6.07, 6.45) is 1.62. The predicted molar refractivity (Wildman–Crippen MR) is 148 cm³/mol. The highest BCUT2D eigenvalue weighted by Gasteiger charge is 2.29. The van der Waals surface area contributed by atoms with E-state index in [0.29, 0.717) is 18.5 Å². The van der Waals surface area contributed by atoms with E-state index in [0.717, 1.165) is 27.4 Å². The molecule has 0 saturated carbocycles. The summed E-state index contributed by atoms with van der Waals surface area (Å²) in [7, 11) is -2.15. The third kappa shape index (κ3) is 9.19. The summed E-state index contributed by atoms with van der Waals surface area (Å²) in [6.45, 7) is 1.51. The van der Waals surface area contributed by atoms with Crippen LogP contribution in [-0.4, -0.2) is 61.9 Å². The molecule has 0 heterocycles. The van der Waals surface area contributed by atoms with E-state index in [-0.39, 0.29) is 19.0 Å². The van der Waals surface area contributed by atoms with Gasteiger partial charge >= 0.3 is 0 Å². The molecule has 8 nitrogen and oxygen atoms in total. The summed E-state index contributed by atoms with van der Waals surface area (Å²) in [5.74, 6) is -0.611. The van der Waals surface area contributed by atoms with Gasteiger partial charge in [0.05, 0.1) is 19.9 Å². The van der Waals surface area contributed by atoms with Gasteiger partial charge in [-0.3, -0.25) is 9.59 Å². The maximum atomic E-state index is 13.5. The van der Waals surface area contributed by atoms with Crippen LogP contribution in [0.25, 0.3) is 0 Å². The van der Waals surface area contributed by atoms with Gasteiger partial charge in [-0.1, -0.05) is 54.6 Å². The Labute approximate surface area is 229 Å². The van der Waals surface area contributed by atoms with Crippen LogP contribution < -0.4 is 10.1 Å². The molecule has 0 fully saturated rings. The first-order valence-corrected chi connectivity index (χ1v) is 14.3. The highest BCUT2D eigenvalue weighted by atomic mass is 32.2. The van der Waals surface area contributed by atoms with Crippen molar-refractivity contribution in [3.8, 4) is 5.75 Å². The SMILES string of the molecule is COc1ccc(CCNC(=O)[C@@H](C)N(Cc2ccc(F)cc2)C(=O)CN(Cc2ccccc2)S(C)(=O)=O)cc1. The van der Waals surface area contributed by atoms with Gasteiger partial charge < -0.3 is 15.0 Å². The second kappa shape index (κ2) is 13.9. The van der Waals surface area contributed by atoms with Crippen molar-refractivity contribution in [3.63, 3.8) is 0 Å². The van der Waals surface area contributed by atoms with Crippen LogP contribution in [0, 0.1) is 5.82 Å². The number of amides is 2. The smallest absolute Gasteiger partial charge is 0.242 e. The van der Waals surface area contributed by atoms with E-state index in [1.807, 2.05) is 30.3 Å². The number of carbonyl (C=O) groups is 2. The van der Waals surface area contributed by atoms with Gasteiger partial charge in [-0.25, -0.2) is 12.8 Å². The summed E-state index contributed by atoms with van der Waals surface area (Å²) >= 11 is 0. The van der Waals surface area contributed by atoms with Crippen LogP contribution in [0.2, 0.25) is 0 Å². The Morgan fingerprint density at radius 1 is 0.897 bits per heavy atom. The number of halogens is 1. The van der Waals surface area contributed by atoms with Gasteiger partial charge in [0.15, 0.2) is 0 Å². The lowest BCUT2D eigenvalue weighted by Gasteiger charge is -2.31. The second-order valence-corrected chi connectivity index (χ2v) is 11.2. The normalized spacial score (nSPS) is 12.1. The fourth-order valence-electron chi connectivity index (χ4n) is 3.96. The Morgan fingerprint density at radius 2 is 1.49 bits per heavy atom. The largest absolute Gasteiger partial charge is 0.497 e. The molecule has 3 rings (SSSR count). The van der Waals surface area contributed by atoms with Crippen LogP contribution in [-0.2, 0) is 39.1 Å². The molecule has 3 aromatic carbocycles. The number of hydrogen-bond donors (Lipinski definition) is 1. The molecular weight excluding hydrogens is 521 g/mol. The summed E-state index contributed by atoms with van der Waals surface area (Å²) < 4.78 is 44.8. The first-order chi connectivity index (χ1) is 18.6. The molecule has 0 aliphatic carbocycles. The number of hydrogen-bond acceptors (Lipinski definition) is 5. The zero-order valence-corrected chi connectivity index (χ0v) is 23.2. The van der Waals surface area contributed by atoms with Crippen LogP contribution in [0.3, 0.4) is 0 Å². The lowest BCUT2D eigenvalue weighted by atomic mass is 10.1.